The van der Waals surface area contributed by atoms with Gasteiger partial charge in [0.25, 0.3) is 0 Å². The average molecular weight is 1150 g/mol. The summed E-state index contributed by atoms with van der Waals surface area (Å²) in [5.74, 6) is -8.86. The lowest BCUT2D eigenvalue weighted by molar-refractivity contribution is -0.156. The third kappa shape index (κ3) is 11.1. The maximum atomic E-state index is 14.8. The Hall–Kier alpha value is -5.74. The minimum Gasteiger partial charge on any atom is -0.480 e. The Morgan fingerprint density at radius 2 is 0.420 bits per heavy atom. The Bertz CT molecular complexity index is 2550. The number of hydrogen-bond acceptors (Lipinski definition) is 21. The summed E-state index contributed by atoms with van der Waals surface area (Å²) in [6.45, 7) is -3.35. The topological polar surface area (TPSA) is 434 Å². The van der Waals surface area contributed by atoms with Crippen LogP contribution in [0.3, 0.4) is 0 Å². The number of amides is 9. The monoisotopic (exact) mass is 1150 g/mol. The van der Waals surface area contributed by atoms with Crippen molar-refractivity contribution >= 4 is 59.1 Å². The number of likely N-dealkylation sites (tertiary alicyclic amines) is 9. The number of aliphatic hydroxyl groups is 10. The van der Waals surface area contributed by atoms with E-state index >= 15 is 0 Å². The van der Waals surface area contributed by atoms with Crippen molar-refractivity contribution in [3.05, 3.63) is 0 Å². The molecule has 10 aliphatic heterocycles. The Morgan fingerprint density at radius 3 is 0.593 bits per heavy atom. The van der Waals surface area contributed by atoms with Crippen molar-refractivity contribution in [1.29, 1.82) is 0 Å². The van der Waals surface area contributed by atoms with Gasteiger partial charge in [0.1, 0.15) is 54.4 Å². The standard InChI is InChI=1S/C50H72N10O21/c61-21-1-31(51-11-21)41(71)52-12-22(62)2-32(52)42(72)53-13-23(63)3-33(53)43(73)54-14-24(64)4-34(54)44(74)55-15-25(65)5-35(55)45(75)56-16-26(66)6-36(56)46(76)57-17-27(67)7-37(57)47(77)58-18-28(68)8-38(58)48(78)59-19-29(69)9-39(59)49(79)60-20-30(70)10-40(60)50(80)81/h21-40,51,61-70H,1-20H2,(H,80,81). The zero-order valence-corrected chi connectivity index (χ0v) is 44.2. The highest BCUT2D eigenvalue weighted by Gasteiger charge is 2.57. The van der Waals surface area contributed by atoms with Crippen molar-refractivity contribution in [2.75, 3.05) is 65.4 Å². The molecule has 31 heteroatoms. The zero-order chi connectivity index (χ0) is 58.4. The van der Waals surface area contributed by atoms with Gasteiger partial charge in [-0.1, -0.05) is 0 Å². The van der Waals surface area contributed by atoms with Gasteiger partial charge < -0.3 is 106 Å². The van der Waals surface area contributed by atoms with E-state index in [0.717, 1.165) is 39.2 Å². The molecule has 10 fully saturated rings. The Kier molecular flexibility index (Phi) is 16.4. The molecule has 0 bridgehead atoms. The minimum atomic E-state index is -1.52. The van der Waals surface area contributed by atoms with Crippen molar-refractivity contribution in [2.24, 2.45) is 0 Å². The molecule has 0 saturated carbocycles. The van der Waals surface area contributed by atoms with Gasteiger partial charge in [-0.05, 0) is 6.42 Å². The van der Waals surface area contributed by atoms with Gasteiger partial charge in [-0.2, -0.15) is 0 Å². The first-order valence-corrected chi connectivity index (χ1v) is 27.8. The summed E-state index contributed by atoms with van der Waals surface area (Å²) >= 11 is 0. The van der Waals surface area contributed by atoms with Gasteiger partial charge in [0.05, 0.1) is 67.1 Å². The van der Waals surface area contributed by atoms with E-state index in [1.54, 1.807) is 0 Å². The lowest BCUT2D eigenvalue weighted by Crippen LogP contribution is -2.59. The highest BCUT2D eigenvalue weighted by molar-refractivity contribution is 6.00. The second kappa shape index (κ2) is 22.8. The summed E-state index contributed by atoms with van der Waals surface area (Å²) in [4.78, 5) is 151. The fourth-order valence-electron chi connectivity index (χ4n) is 14.3. The average Bonchev–Trinajstić information content (AvgIpc) is 4.21. The molecular formula is C50H72N10O21. The van der Waals surface area contributed by atoms with Gasteiger partial charge in [-0.3, -0.25) is 43.2 Å². The largest absolute Gasteiger partial charge is 0.480 e. The van der Waals surface area contributed by atoms with Gasteiger partial charge in [-0.25, -0.2) is 4.79 Å². The van der Waals surface area contributed by atoms with E-state index in [1.807, 2.05) is 0 Å². The highest BCUT2D eigenvalue weighted by Crippen LogP contribution is 2.36. The van der Waals surface area contributed by atoms with Crippen LogP contribution < -0.4 is 5.32 Å². The fraction of sp³-hybridized carbons (Fsp3) is 0.800. The number of carbonyl (C=O) groups excluding carboxylic acids is 9. The van der Waals surface area contributed by atoms with Gasteiger partial charge in [0, 0.05) is 123 Å². The van der Waals surface area contributed by atoms with Crippen LogP contribution in [0.15, 0.2) is 0 Å². The van der Waals surface area contributed by atoms with Crippen molar-refractivity contribution in [1.82, 2.24) is 49.4 Å². The molecular weight excluding hydrogens is 1080 g/mol. The number of aliphatic hydroxyl groups excluding tert-OH is 10. The molecule has 20 atom stereocenters. The first-order valence-electron chi connectivity index (χ1n) is 27.8. The van der Waals surface area contributed by atoms with Crippen LogP contribution in [0.2, 0.25) is 0 Å². The highest BCUT2D eigenvalue weighted by atomic mass is 16.4. The van der Waals surface area contributed by atoms with Crippen molar-refractivity contribution in [2.45, 2.75) is 186 Å². The molecule has 9 amide bonds. The molecule has 10 aliphatic rings. The smallest absolute Gasteiger partial charge is 0.326 e. The Balaban J connectivity index is 0.825. The predicted octanol–water partition coefficient (Wildman–Crippen LogP) is -10.6. The maximum absolute atomic E-state index is 14.8. The van der Waals surface area contributed by atoms with E-state index in [9.17, 15) is 104 Å². The molecule has 0 aromatic heterocycles. The number of rotatable bonds is 10. The van der Waals surface area contributed by atoms with E-state index in [1.165, 1.54) is 4.90 Å². The van der Waals surface area contributed by atoms with Crippen molar-refractivity contribution < 1.29 is 104 Å². The van der Waals surface area contributed by atoms with Crippen LogP contribution in [0, 0.1) is 0 Å². The molecule has 10 saturated heterocycles. The number of carboxylic acids is 1. The third-order valence-electron chi connectivity index (χ3n) is 18.0. The molecule has 0 aromatic rings. The summed E-state index contributed by atoms with van der Waals surface area (Å²) in [5, 5.41) is 120. The van der Waals surface area contributed by atoms with Gasteiger partial charge in [0.2, 0.25) is 53.2 Å². The maximum Gasteiger partial charge on any atom is 0.326 e. The van der Waals surface area contributed by atoms with Gasteiger partial charge in [0.15, 0.2) is 0 Å². The molecule has 12 N–H and O–H groups in total. The van der Waals surface area contributed by atoms with Crippen LogP contribution in [0.4, 0.5) is 0 Å². The summed E-state index contributed by atoms with van der Waals surface area (Å²) in [6, 6.07) is -13.7. The number of nitrogens with zero attached hydrogens (tertiary/aromatic N) is 9. The SMILES string of the molecule is O=C(O)C1CC(O)CN1C(=O)C1CC(O)CN1C(=O)C1CC(O)CN1C(=O)C1CC(O)CN1C(=O)C1CC(O)CN1C(=O)C1CC(O)CN1C(=O)C1CC(O)CN1C(=O)C1CC(O)CN1C(=O)C1CC(O)CN1C(=O)C1CC(O)CN1. The number of β-amino-alcohol motifs (C(OH)–C–C–N with tert-alkyl or cyclic N) is 10. The summed E-state index contributed by atoms with van der Waals surface area (Å²) in [6.07, 6.45) is -14.8. The lowest BCUT2D eigenvalue weighted by Gasteiger charge is -2.37. The molecule has 31 nitrogen and oxygen atoms in total. The second-order valence-corrected chi connectivity index (χ2v) is 23.8. The molecule has 10 heterocycles. The summed E-state index contributed by atoms with van der Waals surface area (Å²) in [5.41, 5.74) is 0. The van der Waals surface area contributed by atoms with Crippen LogP contribution in [-0.4, -0.2) is 346 Å². The lowest BCUT2D eigenvalue weighted by atomic mass is 10.1. The minimum absolute atomic E-state index is 0.0735. The van der Waals surface area contributed by atoms with Crippen LogP contribution in [0.1, 0.15) is 64.2 Å². The third-order valence-corrected chi connectivity index (χ3v) is 18.0. The fourth-order valence-corrected chi connectivity index (χ4v) is 14.3. The van der Waals surface area contributed by atoms with E-state index in [2.05, 4.69) is 5.32 Å². The molecule has 0 aromatic carbocycles. The number of hydrogen-bond donors (Lipinski definition) is 12. The summed E-state index contributed by atoms with van der Waals surface area (Å²) in [7, 11) is 0. The predicted molar refractivity (Wildman–Crippen MR) is 265 cm³/mol. The van der Waals surface area contributed by atoms with E-state index < -0.39 is 220 Å². The molecule has 0 radical (unpaired) electrons. The number of aliphatic carboxylic acids is 1. The first-order chi connectivity index (χ1) is 38.3. The molecule has 10 rings (SSSR count). The number of carbonyl (C=O) groups is 10. The normalized spacial score (nSPS) is 39.8. The molecule has 448 valence electrons. The van der Waals surface area contributed by atoms with Crippen molar-refractivity contribution in [3.8, 4) is 0 Å². The molecule has 20 unspecified atom stereocenters. The zero-order valence-electron chi connectivity index (χ0n) is 44.2. The van der Waals surface area contributed by atoms with Crippen LogP contribution >= 0.6 is 0 Å². The molecule has 0 aliphatic carbocycles. The second-order valence-electron chi connectivity index (χ2n) is 23.8. The van der Waals surface area contributed by atoms with Crippen LogP contribution in [0.5, 0.6) is 0 Å². The molecule has 81 heavy (non-hydrogen) atoms. The Labute approximate surface area is 462 Å². The van der Waals surface area contributed by atoms with E-state index in [0.29, 0.717) is 0 Å². The quantitative estimate of drug-likeness (QED) is 0.0966. The van der Waals surface area contributed by atoms with Gasteiger partial charge >= 0.3 is 5.97 Å². The Morgan fingerprint density at radius 1 is 0.247 bits per heavy atom. The van der Waals surface area contributed by atoms with E-state index in [4.69, 9.17) is 0 Å². The van der Waals surface area contributed by atoms with Gasteiger partial charge in [-0.15, -0.1) is 0 Å². The van der Waals surface area contributed by atoms with Crippen LogP contribution in [-0.2, 0) is 47.9 Å². The van der Waals surface area contributed by atoms with Crippen molar-refractivity contribution in [3.63, 3.8) is 0 Å². The number of nitrogens with one attached hydrogen (secondary N) is 1. The van der Waals surface area contributed by atoms with E-state index in [-0.39, 0.29) is 90.4 Å². The first kappa shape index (κ1) is 58.5. The van der Waals surface area contributed by atoms with Crippen LogP contribution in [0.25, 0.3) is 0 Å². The summed E-state index contributed by atoms with van der Waals surface area (Å²) < 4.78 is 0. The molecule has 0 spiro atoms. The number of carboxylic acid groups (broad SMARTS) is 1.